The molecule has 0 saturated carbocycles. The second-order valence-corrected chi connectivity index (χ2v) is 24.2. The quantitative estimate of drug-likeness (QED) is 0.0203. The van der Waals surface area contributed by atoms with Crippen molar-refractivity contribution in [3.63, 3.8) is 0 Å². The van der Waals surface area contributed by atoms with Crippen molar-refractivity contribution in [1.82, 2.24) is 0 Å². The number of ether oxygens (including phenoxy) is 16. The Balaban J connectivity index is 1.73. The van der Waals surface area contributed by atoms with E-state index in [0.717, 1.165) is 0 Å². The average molecular weight is 1550 g/mol. The summed E-state index contributed by atoms with van der Waals surface area (Å²) in [4.78, 5) is 67.6. The number of hydrogen-bond donors (Lipinski definition) is 0. The van der Waals surface area contributed by atoms with Crippen LogP contribution in [-0.2, 0) is 64.6 Å². The standard InChI is InChI=1S/C96H72O20/c1-13-45-101-81-69-57-70(82(102-46-14-2)89(81)109-53-21-9)78(94(98)114-62-66-39-31-26-32-40-66)73-59-74(86(106-50-18-6)91(111-55-23-11)85(73)105-49-17-5)80(96(100)116-64-68-43-35-28-36-44-68)76-60-75(87(107-51-19-7)92(112-56-24-12)88(76)108-52-20-8)79(95(99)115-63-67-41-33-27-34-42-67)72-58-71(77(69)93(97)113-61-65-37-29-25-30-38-65)83(103-47-15-3)90(110-54-22-10)84(72)104-48-16-4/h1-12,25-44,57-60,77-80H,45-56,61-64H2. The van der Waals surface area contributed by atoms with E-state index in [9.17, 15) is 0 Å². The molecule has 0 aromatic heterocycles. The highest BCUT2D eigenvalue weighted by Gasteiger charge is 2.47. The molecule has 8 aromatic rings. The molecular weight excluding hydrogens is 1470 g/mol. The number of rotatable bonds is 36. The van der Waals surface area contributed by atoms with Crippen LogP contribution in [0.15, 0.2) is 146 Å². The Bertz CT molecular complexity index is 4570. The number of esters is 4. The molecule has 0 saturated heterocycles. The lowest BCUT2D eigenvalue weighted by atomic mass is 9.78. The molecule has 0 spiro atoms. The summed E-state index contributed by atoms with van der Waals surface area (Å²) in [6, 6.07) is 39.2. The molecule has 0 fully saturated rings. The molecule has 0 unspecified atom stereocenters. The molecule has 576 valence electrons. The zero-order valence-electron chi connectivity index (χ0n) is 62.6. The second kappa shape index (κ2) is 43.4. The Morgan fingerprint density at radius 3 is 0.466 bits per heavy atom. The van der Waals surface area contributed by atoms with Crippen LogP contribution in [0.2, 0.25) is 0 Å². The van der Waals surface area contributed by atoms with Crippen molar-refractivity contribution in [1.29, 1.82) is 0 Å². The van der Waals surface area contributed by atoms with Crippen molar-refractivity contribution in [3.05, 3.63) is 212 Å². The van der Waals surface area contributed by atoms with Crippen LogP contribution in [0, 0.1) is 148 Å². The Kier molecular flexibility index (Phi) is 31.4. The zero-order valence-corrected chi connectivity index (χ0v) is 62.6. The number of hydrogen-bond acceptors (Lipinski definition) is 20. The van der Waals surface area contributed by atoms with E-state index in [0.29, 0.717) is 22.3 Å². The summed E-state index contributed by atoms with van der Waals surface area (Å²) in [5.74, 6) is 10.5. The third-order valence-electron chi connectivity index (χ3n) is 16.9. The van der Waals surface area contributed by atoms with Gasteiger partial charge in [0, 0.05) is 44.5 Å². The molecule has 0 heterocycles. The summed E-state index contributed by atoms with van der Waals surface area (Å²) in [6.07, 6.45) is 73.5. The van der Waals surface area contributed by atoms with Gasteiger partial charge in [0.2, 0.25) is 23.0 Å². The maximum absolute atomic E-state index is 16.9. The van der Waals surface area contributed by atoms with Crippen molar-refractivity contribution in [2.45, 2.75) is 50.1 Å². The summed E-state index contributed by atoms with van der Waals surface area (Å²) in [5.41, 5.74) is -1.11. The lowest BCUT2D eigenvalue weighted by molar-refractivity contribution is -0.146. The fourth-order valence-electron chi connectivity index (χ4n) is 12.4. The number of fused-ring (bicyclic) bond motifs is 8. The molecule has 8 aromatic carbocycles. The first-order valence-corrected chi connectivity index (χ1v) is 35.2. The van der Waals surface area contributed by atoms with E-state index in [2.05, 4.69) is 71.0 Å². The van der Waals surface area contributed by atoms with E-state index in [4.69, 9.17) is 153 Å². The van der Waals surface area contributed by atoms with Gasteiger partial charge in [-0.3, -0.25) is 19.2 Å². The molecule has 0 aliphatic heterocycles. The van der Waals surface area contributed by atoms with Gasteiger partial charge in [-0.15, -0.1) is 77.1 Å². The number of benzene rings is 8. The number of carbonyl (C=O) groups is 4. The highest BCUT2D eigenvalue weighted by atomic mass is 16.6. The van der Waals surface area contributed by atoms with Gasteiger partial charge in [0.1, 0.15) is 129 Å². The maximum Gasteiger partial charge on any atom is 0.318 e. The predicted octanol–water partition coefficient (Wildman–Crippen LogP) is 11.6. The summed E-state index contributed by atoms with van der Waals surface area (Å²) in [5, 5.41) is 0. The molecular formula is C96H72O20. The molecule has 0 radical (unpaired) electrons. The SMILES string of the molecule is C#CCOc1c2cc(c(OCC#C)c1OCC#C)C(C(=O)OCc1ccccc1)c1cc(c(OCC#C)c(OCC#C)c1OCC#C)C(C(=O)OCc1ccccc1)c1cc(c(OCC#C)c(OCC#C)c1OCC#C)C(C(=O)OCc1ccccc1)c1cc(c(OCC#C)c(OCC#C)c1OCC#C)C2C(=O)OCc1ccccc1. The first-order valence-electron chi connectivity index (χ1n) is 35.2. The second-order valence-electron chi connectivity index (χ2n) is 24.2. The molecule has 0 atom stereocenters. The van der Waals surface area contributed by atoms with Gasteiger partial charge in [-0.25, -0.2) is 0 Å². The third-order valence-corrected chi connectivity index (χ3v) is 16.9. The number of carbonyl (C=O) groups excluding carboxylic acids is 4. The largest absolute Gasteiger partial charge is 0.477 e. The van der Waals surface area contributed by atoms with Crippen LogP contribution in [0.25, 0.3) is 0 Å². The van der Waals surface area contributed by atoms with Gasteiger partial charge in [0.25, 0.3) is 0 Å². The predicted molar refractivity (Wildman–Crippen MR) is 430 cm³/mol. The van der Waals surface area contributed by atoms with E-state index >= 15 is 19.2 Å². The lowest BCUT2D eigenvalue weighted by Gasteiger charge is -2.32. The van der Waals surface area contributed by atoms with Gasteiger partial charge in [0.15, 0.2) is 46.0 Å². The van der Waals surface area contributed by atoms with Crippen LogP contribution >= 0.6 is 0 Å². The Morgan fingerprint density at radius 2 is 0.336 bits per heavy atom. The summed E-state index contributed by atoms with van der Waals surface area (Å²) < 4.78 is 106. The van der Waals surface area contributed by atoms with E-state index in [1.54, 1.807) is 121 Å². The number of terminal acetylenes is 12. The fraction of sp³-hybridized carbons (Fsp3) is 0.208. The minimum Gasteiger partial charge on any atom is -0.477 e. The van der Waals surface area contributed by atoms with Gasteiger partial charge >= 0.3 is 23.9 Å². The first kappa shape index (κ1) is 84.0. The van der Waals surface area contributed by atoms with Crippen LogP contribution in [0.3, 0.4) is 0 Å². The monoisotopic (exact) mass is 1540 g/mol. The van der Waals surface area contributed by atoms with Crippen molar-refractivity contribution < 1.29 is 95.0 Å². The Morgan fingerprint density at radius 1 is 0.207 bits per heavy atom. The minimum atomic E-state index is -2.15. The molecule has 20 nitrogen and oxygen atoms in total. The van der Waals surface area contributed by atoms with E-state index < -0.39 is 222 Å². The molecule has 20 heteroatoms. The Hall–Kier alpha value is -16.0. The summed E-state index contributed by atoms with van der Waals surface area (Å²) >= 11 is 0. The van der Waals surface area contributed by atoms with Crippen LogP contribution < -0.4 is 56.8 Å². The van der Waals surface area contributed by atoms with Gasteiger partial charge in [0.05, 0.1) is 0 Å². The normalized spacial score (nSPS) is 13.1. The van der Waals surface area contributed by atoms with Crippen LogP contribution in [0.4, 0.5) is 0 Å². The van der Waals surface area contributed by atoms with Crippen molar-refractivity contribution in [3.8, 4) is 217 Å². The van der Waals surface area contributed by atoms with E-state index in [1.807, 2.05) is 0 Å². The molecule has 9 rings (SSSR count). The summed E-state index contributed by atoms with van der Waals surface area (Å²) in [6.45, 7) is -9.61. The fourth-order valence-corrected chi connectivity index (χ4v) is 12.4. The molecule has 0 amide bonds. The van der Waals surface area contributed by atoms with Crippen LogP contribution in [0.1, 0.15) is 90.4 Å². The topological polar surface area (TPSA) is 216 Å². The van der Waals surface area contributed by atoms with Crippen molar-refractivity contribution in [2.75, 3.05) is 79.3 Å². The highest BCUT2D eigenvalue weighted by Crippen LogP contribution is 2.60. The van der Waals surface area contributed by atoms with E-state index in [-0.39, 0.29) is 44.5 Å². The van der Waals surface area contributed by atoms with E-state index in [1.165, 1.54) is 24.3 Å². The maximum atomic E-state index is 16.9. The zero-order chi connectivity index (χ0) is 82.6. The molecule has 8 bridgehead atoms. The van der Waals surface area contributed by atoms with Gasteiger partial charge < -0.3 is 75.8 Å². The highest BCUT2D eigenvalue weighted by molar-refractivity contribution is 5.94. The van der Waals surface area contributed by atoms with Gasteiger partial charge in [-0.05, 0) is 46.5 Å². The molecule has 0 N–H and O–H groups in total. The Labute approximate surface area is 674 Å². The van der Waals surface area contributed by atoms with Gasteiger partial charge in [-0.2, -0.15) is 0 Å². The van der Waals surface area contributed by atoms with Gasteiger partial charge in [-0.1, -0.05) is 192 Å². The third kappa shape index (κ3) is 20.5. The molecule has 1 aliphatic carbocycles. The van der Waals surface area contributed by atoms with Crippen LogP contribution in [-0.4, -0.2) is 103 Å². The molecule has 116 heavy (non-hydrogen) atoms. The van der Waals surface area contributed by atoms with Crippen molar-refractivity contribution in [2.24, 2.45) is 0 Å². The van der Waals surface area contributed by atoms with Crippen LogP contribution in [0.5, 0.6) is 69.0 Å². The smallest absolute Gasteiger partial charge is 0.318 e. The minimum absolute atomic E-state index is 0.368. The first-order chi connectivity index (χ1) is 56.8. The average Bonchev–Trinajstić information content (AvgIpc) is 0.722. The summed E-state index contributed by atoms with van der Waals surface area (Å²) in [7, 11) is 0. The lowest BCUT2D eigenvalue weighted by Crippen LogP contribution is -2.26. The van der Waals surface area contributed by atoms with Crippen molar-refractivity contribution >= 4 is 23.9 Å². The molecule has 1 aliphatic rings.